The largest absolute Gasteiger partial charge is 0.465 e. The van der Waals surface area contributed by atoms with Crippen LogP contribution >= 0.6 is 23.8 Å². The summed E-state index contributed by atoms with van der Waals surface area (Å²) in [5.41, 5.74) is 5.15. The van der Waals surface area contributed by atoms with E-state index in [0.717, 1.165) is 47.5 Å². The molecule has 1 N–H and O–H groups in total. The van der Waals surface area contributed by atoms with Crippen LogP contribution in [0.2, 0.25) is 5.02 Å². The number of nitrogens with one attached hydrogen (secondary N) is 1. The summed E-state index contributed by atoms with van der Waals surface area (Å²) in [6.45, 7) is 4.32. The smallest absolute Gasteiger partial charge is 0.337 e. The predicted molar refractivity (Wildman–Crippen MR) is 167 cm³/mol. The van der Waals surface area contributed by atoms with Crippen LogP contribution in [-0.4, -0.2) is 40.8 Å². The molecule has 210 valence electrons. The Morgan fingerprint density at radius 2 is 1.85 bits per heavy atom. The number of rotatable bonds is 6. The van der Waals surface area contributed by atoms with Gasteiger partial charge in [-0.1, -0.05) is 30.7 Å². The maximum absolute atomic E-state index is 12.3. The molecule has 4 aromatic rings. The number of pyridine rings is 1. The van der Waals surface area contributed by atoms with Gasteiger partial charge >= 0.3 is 5.97 Å². The van der Waals surface area contributed by atoms with Crippen LogP contribution < -0.4 is 15.1 Å². The lowest BCUT2D eigenvalue weighted by molar-refractivity contribution is 0.0600. The third-order valence-corrected chi connectivity index (χ3v) is 8.68. The van der Waals surface area contributed by atoms with Gasteiger partial charge in [-0.05, 0) is 91.6 Å². The zero-order valence-corrected chi connectivity index (χ0v) is 24.6. The summed E-state index contributed by atoms with van der Waals surface area (Å²) in [6.07, 6.45) is 6.12. The van der Waals surface area contributed by atoms with Crippen LogP contribution in [0, 0.1) is 5.92 Å². The highest BCUT2D eigenvalue weighted by molar-refractivity contribution is 7.80. The molecule has 2 aromatic heterocycles. The number of hydrogen-bond donors (Lipinski definition) is 1. The molecule has 6 rings (SSSR count). The number of anilines is 2. The minimum Gasteiger partial charge on any atom is -0.465 e. The fourth-order valence-corrected chi connectivity index (χ4v) is 6.50. The van der Waals surface area contributed by atoms with Crippen molar-refractivity contribution in [2.45, 2.75) is 31.8 Å². The van der Waals surface area contributed by atoms with Crippen molar-refractivity contribution in [2.75, 3.05) is 30.0 Å². The molecule has 2 fully saturated rings. The lowest BCUT2D eigenvalue weighted by atomic mass is 9.98. The number of thiocarbonyl (C=S) groups is 1. The third kappa shape index (κ3) is 5.29. The van der Waals surface area contributed by atoms with Crippen LogP contribution in [0.5, 0.6) is 0 Å². The highest BCUT2D eigenvalue weighted by atomic mass is 35.5. The molecule has 0 unspecified atom stereocenters. The van der Waals surface area contributed by atoms with Gasteiger partial charge in [0.25, 0.3) is 0 Å². The molecule has 41 heavy (non-hydrogen) atoms. The Morgan fingerprint density at radius 3 is 2.59 bits per heavy atom. The van der Waals surface area contributed by atoms with Gasteiger partial charge < -0.3 is 24.4 Å². The molecule has 0 spiro atoms. The average molecular weight is 586 g/mol. The fraction of sp³-hybridized carbons (Fsp3) is 0.281. The molecule has 2 saturated heterocycles. The Kier molecular flexibility index (Phi) is 7.69. The number of esters is 1. The van der Waals surface area contributed by atoms with E-state index in [2.05, 4.69) is 49.8 Å². The quantitative estimate of drug-likeness (QED) is 0.199. The van der Waals surface area contributed by atoms with Gasteiger partial charge in [-0.2, -0.15) is 0 Å². The van der Waals surface area contributed by atoms with Crippen LogP contribution in [0.1, 0.15) is 53.6 Å². The maximum Gasteiger partial charge on any atom is 0.337 e. The van der Waals surface area contributed by atoms with Gasteiger partial charge in [0.2, 0.25) is 0 Å². The summed E-state index contributed by atoms with van der Waals surface area (Å²) in [4.78, 5) is 21.5. The zero-order valence-electron chi connectivity index (χ0n) is 23.0. The van der Waals surface area contributed by atoms with Gasteiger partial charge in [0.1, 0.15) is 6.04 Å². The average Bonchev–Trinajstić information content (AvgIpc) is 3.62. The summed E-state index contributed by atoms with van der Waals surface area (Å²) in [5.74, 6) is 0.362. The number of piperidine rings is 1. The minimum absolute atomic E-state index is 0.219. The van der Waals surface area contributed by atoms with Crippen molar-refractivity contribution in [3.63, 3.8) is 0 Å². The van der Waals surface area contributed by atoms with E-state index >= 15 is 0 Å². The monoisotopic (exact) mass is 585 g/mol. The number of carbonyl (C=O) groups is 1. The molecule has 9 heteroatoms. The molecule has 2 atom stereocenters. The first-order valence-electron chi connectivity index (χ1n) is 13.9. The number of ether oxygens (including phenoxy) is 1. The van der Waals surface area contributed by atoms with Gasteiger partial charge in [-0.25, -0.2) is 4.79 Å². The van der Waals surface area contributed by atoms with Crippen molar-refractivity contribution < 1.29 is 9.53 Å². The van der Waals surface area contributed by atoms with E-state index < -0.39 is 0 Å². The SMILES string of the molecule is COC(=O)c1cccc(-n2cccc2[C@@H]2[C@@H](c3ccccn3)NC(=S)N2c2ccc(N3CCC(C)CC3)c(Cl)c2)c1. The molecule has 0 aliphatic carbocycles. The zero-order chi connectivity index (χ0) is 28.5. The Labute approximate surface area is 250 Å². The normalized spacial score (nSPS) is 19.3. The van der Waals surface area contributed by atoms with E-state index in [4.69, 9.17) is 28.6 Å². The second-order valence-corrected chi connectivity index (χ2v) is 11.4. The first-order chi connectivity index (χ1) is 19.9. The van der Waals surface area contributed by atoms with Crippen molar-refractivity contribution in [2.24, 2.45) is 5.92 Å². The Balaban J connectivity index is 1.42. The van der Waals surface area contributed by atoms with Crippen LogP contribution in [0.4, 0.5) is 11.4 Å². The summed E-state index contributed by atoms with van der Waals surface area (Å²) >= 11 is 12.9. The number of methoxy groups -OCH3 is 1. The van der Waals surface area contributed by atoms with Crippen molar-refractivity contribution in [1.82, 2.24) is 14.9 Å². The molecule has 2 aliphatic heterocycles. The highest BCUT2D eigenvalue weighted by Crippen LogP contribution is 2.44. The first-order valence-corrected chi connectivity index (χ1v) is 14.6. The molecule has 0 bridgehead atoms. The van der Waals surface area contributed by atoms with Crippen LogP contribution in [0.15, 0.2) is 85.2 Å². The van der Waals surface area contributed by atoms with E-state index in [1.165, 1.54) is 20.0 Å². The molecular formula is C32H32ClN5O2S. The highest BCUT2D eigenvalue weighted by Gasteiger charge is 2.42. The molecule has 0 saturated carbocycles. The Morgan fingerprint density at radius 1 is 1.02 bits per heavy atom. The topological polar surface area (TPSA) is 62.6 Å². The van der Waals surface area contributed by atoms with Crippen LogP contribution in [-0.2, 0) is 4.74 Å². The molecule has 2 aromatic carbocycles. The van der Waals surface area contributed by atoms with Gasteiger partial charge in [0.05, 0.1) is 35.1 Å². The Bertz CT molecular complexity index is 1570. The van der Waals surface area contributed by atoms with Crippen LogP contribution in [0.3, 0.4) is 0 Å². The van der Waals surface area contributed by atoms with E-state index in [1.54, 1.807) is 12.3 Å². The van der Waals surface area contributed by atoms with E-state index in [-0.39, 0.29) is 18.1 Å². The second-order valence-electron chi connectivity index (χ2n) is 10.6. The standard InChI is InChI=1S/C32H32ClN5O2S/c1-21-13-17-36(18-14-21)27-12-11-24(20-25(27)33)38-30(29(35-32(38)41)26-9-3-4-15-34-26)28-10-6-16-37(28)23-8-5-7-22(19-23)31(39)40-2/h3-12,15-16,19-21,29-30H,13-14,17-18H2,1-2H3,(H,35,41)/t29-,30-/m1/s1. The van der Waals surface area contributed by atoms with Crippen molar-refractivity contribution >= 4 is 46.3 Å². The molecular weight excluding hydrogens is 554 g/mol. The number of halogens is 1. The predicted octanol–water partition coefficient (Wildman–Crippen LogP) is 6.73. The Hall–Kier alpha value is -3.88. The van der Waals surface area contributed by atoms with Crippen LogP contribution in [0.25, 0.3) is 5.69 Å². The van der Waals surface area contributed by atoms with Gasteiger partial charge in [0.15, 0.2) is 5.11 Å². The molecule has 2 aliphatic rings. The number of nitrogens with zero attached hydrogens (tertiary/aromatic N) is 4. The number of aromatic nitrogens is 2. The molecule has 7 nitrogen and oxygen atoms in total. The summed E-state index contributed by atoms with van der Waals surface area (Å²) in [7, 11) is 1.39. The molecule has 0 amide bonds. The minimum atomic E-state index is -0.379. The van der Waals surface area contributed by atoms with Gasteiger partial charge in [0, 0.05) is 42.6 Å². The number of carbonyl (C=O) groups excluding carboxylic acids is 1. The van der Waals surface area contributed by atoms with E-state index in [1.807, 2.05) is 54.7 Å². The van der Waals surface area contributed by atoms with Gasteiger partial charge in [-0.3, -0.25) is 4.98 Å². The fourth-order valence-electron chi connectivity index (χ4n) is 5.86. The van der Waals surface area contributed by atoms with Crippen molar-refractivity contribution in [3.05, 3.63) is 107 Å². The summed E-state index contributed by atoms with van der Waals surface area (Å²) in [5, 5.41) is 4.83. The molecule has 0 radical (unpaired) electrons. The van der Waals surface area contributed by atoms with E-state index in [9.17, 15) is 4.79 Å². The molecule has 4 heterocycles. The van der Waals surface area contributed by atoms with Gasteiger partial charge in [-0.15, -0.1) is 0 Å². The maximum atomic E-state index is 12.3. The number of hydrogen-bond acceptors (Lipinski definition) is 5. The lowest BCUT2D eigenvalue weighted by Crippen LogP contribution is -2.33. The third-order valence-electron chi connectivity index (χ3n) is 8.06. The first kappa shape index (κ1) is 27.3. The lowest BCUT2D eigenvalue weighted by Gasteiger charge is -2.33. The summed E-state index contributed by atoms with van der Waals surface area (Å²) < 4.78 is 7.05. The van der Waals surface area contributed by atoms with E-state index in [0.29, 0.717) is 15.7 Å². The number of benzene rings is 2. The van der Waals surface area contributed by atoms with Crippen molar-refractivity contribution in [1.29, 1.82) is 0 Å². The van der Waals surface area contributed by atoms with Crippen molar-refractivity contribution in [3.8, 4) is 5.69 Å². The second kappa shape index (κ2) is 11.5. The summed E-state index contributed by atoms with van der Waals surface area (Å²) in [6, 6.07) is 23.2.